The molecule has 2 aliphatic heterocycles. The van der Waals surface area contributed by atoms with Crippen molar-refractivity contribution in [3.8, 4) is 0 Å². The quantitative estimate of drug-likeness (QED) is 0.269. The third kappa shape index (κ3) is 6.13. The summed E-state index contributed by atoms with van der Waals surface area (Å²) in [6, 6.07) is 0. The number of likely N-dealkylation sites (tertiary alicyclic amines) is 1. The van der Waals surface area contributed by atoms with E-state index in [9.17, 15) is 9.90 Å². The van der Waals surface area contributed by atoms with Gasteiger partial charge in [-0.1, -0.05) is 12.8 Å². The van der Waals surface area contributed by atoms with Gasteiger partial charge in [0.15, 0.2) is 12.6 Å². The van der Waals surface area contributed by atoms with Crippen LogP contribution in [0, 0.1) is 0 Å². The molecule has 0 aromatic carbocycles. The molecule has 0 radical (unpaired) electrons. The Morgan fingerprint density at radius 3 is 2.81 bits per heavy atom. The second-order valence-electron chi connectivity index (χ2n) is 5.54. The summed E-state index contributed by atoms with van der Waals surface area (Å²) in [7, 11) is 0. The molecule has 2 fully saturated rings. The van der Waals surface area contributed by atoms with Crippen LogP contribution < -0.4 is 0 Å². The zero-order chi connectivity index (χ0) is 15.1. The van der Waals surface area contributed by atoms with Gasteiger partial charge in [-0.2, -0.15) is 0 Å². The summed E-state index contributed by atoms with van der Waals surface area (Å²) in [4.78, 5) is 13.3. The number of ether oxygens (including phenoxy) is 2. The van der Waals surface area contributed by atoms with Gasteiger partial charge < -0.3 is 24.6 Å². The van der Waals surface area contributed by atoms with Crippen LogP contribution in [0.3, 0.4) is 0 Å². The highest BCUT2D eigenvalue weighted by molar-refractivity contribution is 5.77. The Kier molecular flexibility index (Phi) is 6.63. The molecule has 0 aliphatic carbocycles. The van der Waals surface area contributed by atoms with Crippen molar-refractivity contribution in [3.63, 3.8) is 0 Å². The SMILES string of the molecule is O=C1CCCN1CCCCCCOC(O)C=CC1O[C@H]1O. The van der Waals surface area contributed by atoms with E-state index in [2.05, 4.69) is 0 Å². The topological polar surface area (TPSA) is 82.5 Å². The third-order valence-electron chi connectivity index (χ3n) is 3.75. The Bertz CT molecular complexity index is 360. The highest BCUT2D eigenvalue weighted by atomic mass is 16.7. The highest BCUT2D eigenvalue weighted by Gasteiger charge is 2.34. The van der Waals surface area contributed by atoms with Crippen molar-refractivity contribution in [2.45, 2.75) is 57.2 Å². The molecule has 2 aliphatic rings. The van der Waals surface area contributed by atoms with Crippen LogP contribution in [-0.4, -0.2) is 59.4 Å². The Labute approximate surface area is 125 Å². The number of amides is 1. The highest BCUT2D eigenvalue weighted by Crippen LogP contribution is 2.19. The molecule has 2 rings (SSSR count). The van der Waals surface area contributed by atoms with Crippen LogP contribution in [0.25, 0.3) is 0 Å². The molecule has 2 heterocycles. The minimum Gasteiger partial charge on any atom is -0.366 e. The first kappa shape index (κ1) is 16.4. The molecular weight excluding hydrogens is 274 g/mol. The first-order valence-electron chi connectivity index (χ1n) is 7.76. The maximum atomic E-state index is 11.4. The molecule has 3 atom stereocenters. The number of aliphatic hydroxyl groups is 2. The molecule has 0 bridgehead atoms. The Morgan fingerprint density at radius 1 is 1.38 bits per heavy atom. The van der Waals surface area contributed by atoms with Crippen molar-refractivity contribution in [2.24, 2.45) is 0 Å². The van der Waals surface area contributed by atoms with E-state index in [1.54, 1.807) is 6.08 Å². The van der Waals surface area contributed by atoms with Crippen LogP contribution in [0.5, 0.6) is 0 Å². The molecule has 6 nitrogen and oxygen atoms in total. The average Bonchev–Trinajstić information content (AvgIpc) is 3.02. The largest absolute Gasteiger partial charge is 0.366 e. The molecule has 0 aromatic rings. The molecule has 0 saturated carbocycles. The third-order valence-corrected chi connectivity index (χ3v) is 3.75. The number of rotatable bonds is 10. The smallest absolute Gasteiger partial charge is 0.222 e. The lowest BCUT2D eigenvalue weighted by atomic mass is 10.2. The van der Waals surface area contributed by atoms with Gasteiger partial charge in [-0.25, -0.2) is 0 Å². The fourth-order valence-electron chi connectivity index (χ4n) is 2.42. The second kappa shape index (κ2) is 8.48. The zero-order valence-corrected chi connectivity index (χ0v) is 12.3. The van der Waals surface area contributed by atoms with E-state index in [0.717, 1.165) is 45.2 Å². The maximum absolute atomic E-state index is 11.4. The fourth-order valence-corrected chi connectivity index (χ4v) is 2.42. The van der Waals surface area contributed by atoms with Gasteiger partial charge in [0.2, 0.25) is 5.91 Å². The summed E-state index contributed by atoms with van der Waals surface area (Å²) in [6.07, 6.45) is 6.86. The van der Waals surface area contributed by atoms with Crippen molar-refractivity contribution in [2.75, 3.05) is 19.7 Å². The molecule has 0 aromatic heterocycles. The van der Waals surface area contributed by atoms with Crippen LogP contribution in [-0.2, 0) is 14.3 Å². The molecule has 6 heteroatoms. The molecule has 2 N–H and O–H groups in total. The summed E-state index contributed by atoms with van der Waals surface area (Å²) >= 11 is 0. The predicted molar refractivity (Wildman–Crippen MR) is 76.3 cm³/mol. The number of aliphatic hydroxyl groups excluding tert-OH is 2. The molecule has 2 saturated heterocycles. The molecule has 120 valence electrons. The summed E-state index contributed by atoms with van der Waals surface area (Å²) in [5.41, 5.74) is 0. The lowest BCUT2D eigenvalue weighted by Gasteiger charge is -2.14. The van der Waals surface area contributed by atoms with Crippen molar-refractivity contribution in [1.29, 1.82) is 0 Å². The lowest BCUT2D eigenvalue weighted by molar-refractivity contribution is -0.127. The van der Waals surface area contributed by atoms with Crippen LogP contribution in [0.15, 0.2) is 12.2 Å². The van der Waals surface area contributed by atoms with Crippen LogP contribution in [0.4, 0.5) is 0 Å². The van der Waals surface area contributed by atoms with E-state index in [1.165, 1.54) is 6.08 Å². The zero-order valence-electron chi connectivity index (χ0n) is 12.3. The number of epoxide rings is 1. The second-order valence-corrected chi connectivity index (χ2v) is 5.54. The van der Waals surface area contributed by atoms with Gasteiger partial charge in [-0.3, -0.25) is 4.79 Å². The summed E-state index contributed by atoms with van der Waals surface area (Å²) in [5, 5.41) is 18.4. The van der Waals surface area contributed by atoms with Gasteiger partial charge in [-0.15, -0.1) is 0 Å². The monoisotopic (exact) mass is 299 g/mol. The van der Waals surface area contributed by atoms with Crippen LogP contribution in [0.2, 0.25) is 0 Å². The van der Waals surface area contributed by atoms with E-state index in [4.69, 9.17) is 14.6 Å². The van der Waals surface area contributed by atoms with E-state index < -0.39 is 12.6 Å². The van der Waals surface area contributed by atoms with E-state index in [-0.39, 0.29) is 12.0 Å². The van der Waals surface area contributed by atoms with Gasteiger partial charge in [-0.05, 0) is 31.4 Å². The Balaban J connectivity index is 1.39. The van der Waals surface area contributed by atoms with Gasteiger partial charge in [0.05, 0.1) is 6.61 Å². The predicted octanol–water partition coefficient (Wildman–Crippen LogP) is 0.778. The average molecular weight is 299 g/mol. The minimum atomic E-state index is -0.941. The van der Waals surface area contributed by atoms with Gasteiger partial charge in [0.25, 0.3) is 0 Å². The van der Waals surface area contributed by atoms with Gasteiger partial charge in [0, 0.05) is 19.5 Å². The van der Waals surface area contributed by atoms with Gasteiger partial charge >= 0.3 is 0 Å². The first-order valence-corrected chi connectivity index (χ1v) is 7.76. The number of unbranched alkanes of at least 4 members (excludes halogenated alkanes) is 3. The summed E-state index contributed by atoms with van der Waals surface area (Å²) in [6.45, 7) is 2.29. The summed E-state index contributed by atoms with van der Waals surface area (Å²) in [5.74, 6) is 0.290. The Hall–Kier alpha value is -0.950. The molecule has 2 unspecified atom stereocenters. The van der Waals surface area contributed by atoms with Crippen molar-refractivity contribution >= 4 is 5.91 Å². The van der Waals surface area contributed by atoms with Crippen molar-refractivity contribution in [3.05, 3.63) is 12.2 Å². The fraction of sp³-hybridized carbons (Fsp3) is 0.800. The first-order chi connectivity index (χ1) is 10.2. The van der Waals surface area contributed by atoms with Gasteiger partial charge in [0.1, 0.15) is 6.10 Å². The standard InChI is InChI=1S/C15H25NO5/c17-13-6-5-10-16(13)9-3-1-2-4-11-20-14(18)8-7-12-15(19)21-12/h7-8,12,14-15,18-19H,1-6,9-11H2/t12?,14?,15-/m1/s1. The maximum Gasteiger partial charge on any atom is 0.222 e. The normalized spacial score (nSPS) is 26.8. The van der Waals surface area contributed by atoms with E-state index in [0.29, 0.717) is 13.0 Å². The molecular formula is C15H25NO5. The van der Waals surface area contributed by atoms with Crippen LogP contribution in [0.1, 0.15) is 38.5 Å². The number of carbonyl (C=O) groups excluding carboxylic acids is 1. The Morgan fingerprint density at radius 2 is 2.14 bits per heavy atom. The van der Waals surface area contributed by atoms with Crippen molar-refractivity contribution < 1.29 is 24.5 Å². The molecule has 21 heavy (non-hydrogen) atoms. The molecule has 0 spiro atoms. The number of nitrogens with zero attached hydrogens (tertiary/aromatic N) is 1. The lowest BCUT2D eigenvalue weighted by Crippen LogP contribution is -2.25. The number of carbonyl (C=O) groups is 1. The number of hydrogen-bond acceptors (Lipinski definition) is 5. The van der Waals surface area contributed by atoms with E-state index in [1.807, 2.05) is 4.90 Å². The minimum absolute atomic E-state index is 0.290. The number of hydrogen-bond donors (Lipinski definition) is 2. The van der Waals surface area contributed by atoms with E-state index >= 15 is 0 Å². The van der Waals surface area contributed by atoms with Crippen molar-refractivity contribution in [1.82, 2.24) is 4.90 Å². The molecule has 1 amide bonds. The summed E-state index contributed by atoms with van der Waals surface area (Å²) < 4.78 is 9.98. The van der Waals surface area contributed by atoms with Crippen LogP contribution >= 0.6 is 0 Å².